The molecule has 0 aromatic carbocycles. The third-order valence-electron chi connectivity index (χ3n) is 4.84. The van der Waals surface area contributed by atoms with Crippen molar-refractivity contribution in [2.75, 3.05) is 19.6 Å². The van der Waals surface area contributed by atoms with Crippen molar-refractivity contribution in [3.05, 3.63) is 0 Å². The third kappa shape index (κ3) is 1.66. The fourth-order valence-electron chi connectivity index (χ4n) is 3.42. The minimum absolute atomic E-state index is 0.134. The lowest BCUT2D eigenvalue weighted by atomic mass is 10.1. The summed E-state index contributed by atoms with van der Waals surface area (Å²) in [6, 6.07) is -0.675. The zero-order valence-corrected chi connectivity index (χ0v) is 10.2. The van der Waals surface area contributed by atoms with E-state index in [1.165, 1.54) is 0 Å². The van der Waals surface area contributed by atoms with Crippen molar-refractivity contribution in [1.29, 1.82) is 0 Å². The molecule has 2 saturated heterocycles. The van der Waals surface area contributed by atoms with Crippen molar-refractivity contribution in [2.45, 2.75) is 32.2 Å². The second kappa shape index (κ2) is 3.19. The lowest BCUT2D eigenvalue weighted by Gasteiger charge is -2.24. The molecule has 3 atom stereocenters. The van der Waals surface area contributed by atoms with Gasteiger partial charge in [0, 0.05) is 19.5 Å². The van der Waals surface area contributed by atoms with Crippen LogP contribution in [-0.4, -0.2) is 42.4 Å². The first-order valence-corrected chi connectivity index (χ1v) is 6.21. The molecular formula is C12H18F2N2O. The van der Waals surface area contributed by atoms with Crippen LogP contribution in [0.15, 0.2) is 0 Å². The van der Waals surface area contributed by atoms with Crippen LogP contribution in [0.4, 0.5) is 8.78 Å². The number of carbonyl (C=O) groups excluding carboxylic acids is 1. The molecule has 1 saturated carbocycles. The number of piperidine rings is 1. The summed E-state index contributed by atoms with van der Waals surface area (Å²) in [5, 5.41) is 2.63. The fraction of sp³-hybridized carbons (Fsp3) is 0.917. The molecule has 3 unspecified atom stereocenters. The molecule has 0 aromatic heterocycles. The second-order valence-electron chi connectivity index (χ2n) is 6.27. The van der Waals surface area contributed by atoms with Gasteiger partial charge in [0.15, 0.2) is 0 Å². The number of nitrogens with one attached hydrogen (secondary N) is 1. The lowest BCUT2D eigenvalue weighted by molar-refractivity contribution is -0.133. The molecule has 3 aliphatic rings. The zero-order chi connectivity index (χ0) is 12.4. The van der Waals surface area contributed by atoms with Gasteiger partial charge in [0.25, 0.3) is 5.92 Å². The molecule has 0 aromatic rings. The molecule has 3 rings (SSSR count). The molecule has 3 fully saturated rings. The number of nitrogens with zero attached hydrogens (tertiary/aromatic N) is 1. The van der Waals surface area contributed by atoms with Crippen LogP contribution in [0, 0.1) is 17.3 Å². The molecule has 96 valence electrons. The predicted molar refractivity (Wildman–Crippen MR) is 58.7 cm³/mol. The van der Waals surface area contributed by atoms with Crippen LogP contribution < -0.4 is 5.32 Å². The zero-order valence-electron chi connectivity index (χ0n) is 10.2. The summed E-state index contributed by atoms with van der Waals surface area (Å²) >= 11 is 0. The van der Waals surface area contributed by atoms with Gasteiger partial charge in [-0.3, -0.25) is 10.1 Å². The maximum absolute atomic E-state index is 13.0. The van der Waals surface area contributed by atoms with E-state index in [1.54, 1.807) is 4.90 Å². The topological polar surface area (TPSA) is 32.3 Å². The molecule has 0 spiro atoms. The monoisotopic (exact) mass is 244 g/mol. The minimum atomic E-state index is -2.72. The van der Waals surface area contributed by atoms with Gasteiger partial charge in [0.05, 0.1) is 12.6 Å². The van der Waals surface area contributed by atoms with E-state index in [2.05, 4.69) is 19.2 Å². The van der Waals surface area contributed by atoms with Crippen molar-refractivity contribution in [3.63, 3.8) is 0 Å². The Morgan fingerprint density at radius 1 is 1.29 bits per heavy atom. The molecule has 0 bridgehead atoms. The third-order valence-corrected chi connectivity index (χ3v) is 4.84. The number of fused-ring (bicyclic) bond motifs is 1. The highest BCUT2D eigenvalue weighted by Crippen LogP contribution is 2.62. The minimum Gasteiger partial charge on any atom is -0.341 e. The normalized spacial score (nSPS) is 41.4. The number of carbonyl (C=O) groups is 1. The highest BCUT2D eigenvalue weighted by Gasteiger charge is 2.63. The smallest absolute Gasteiger partial charge is 0.262 e. The Labute approximate surface area is 99.5 Å². The van der Waals surface area contributed by atoms with Crippen molar-refractivity contribution in [3.8, 4) is 0 Å². The van der Waals surface area contributed by atoms with Gasteiger partial charge < -0.3 is 4.90 Å². The van der Waals surface area contributed by atoms with E-state index in [-0.39, 0.29) is 18.9 Å². The van der Waals surface area contributed by atoms with E-state index in [0.717, 1.165) is 13.1 Å². The number of alkyl halides is 2. The van der Waals surface area contributed by atoms with Gasteiger partial charge in [-0.1, -0.05) is 13.8 Å². The average molecular weight is 244 g/mol. The Morgan fingerprint density at radius 3 is 2.35 bits per heavy atom. The summed E-state index contributed by atoms with van der Waals surface area (Å²) < 4.78 is 26.0. The van der Waals surface area contributed by atoms with Crippen molar-refractivity contribution in [2.24, 2.45) is 17.3 Å². The van der Waals surface area contributed by atoms with Crippen LogP contribution in [0.3, 0.4) is 0 Å². The van der Waals surface area contributed by atoms with Crippen molar-refractivity contribution in [1.82, 2.24) is 10.2 Å². The van der Waals surface area contributed by atoms with Crippen molar-refractivity contribution >= 4 is 5.91 Å². The largest absolute Gasteiger partial charge is 0.341 e. The first kappa shape index (κ1) is 11.4. The van der Waals surface area contributed by atoms with Crippen molar-refractivity contribution < 1.29 is 13.6 Å². The Morgan fingerprint density at radius 2 is 1.88 bits per heavy atom. The average Bonchev–Trinajstić information content (AvgIpc) is 2.66. The molecule has 2 heterocycles. The molecule has 3 nitrogen and oxygen atoms in total. The van der Waals surface area contributed by atoms with Crippen LogP contribution >= 0.6 is 0 Å². The predicted octanol–water partition coefficient (Wildman–Crippen LogP) is 1.10. The van der Waals surface area contributed by atoms with E-state index >= 15 is 0 Å². The highest BCUT2D eigenvalue weighted by atomic mass is 19.3. The van der Waals surface area contributed by atoms with Crippen LogP contribution in [0.5, 0.6) is 0 Å². The van der Waals surface area contributed by atoms with E-state index in [4.69, 9.17) is 0 Å². The number of rotatable bonds is 1. The second-order valence-corrected chi connectivity index (χ2v) is 6.27. The van der Waals surface area contributed by atoms with E-state index in [1.807, 2.05) is 0 Å². The Hall–Kier alpha value is -0.710. The van der Waals surface area contributed by atoms with Crippen LogP contribution in [-0.2, 0) is 4.79 Å². The van der Waals surface area contributed by atoms with Gasteiger partial charge in [0.2, 0.25) is 5.91 Å². The van der Waals surface area contributed by atoms with Gasteiger partial charge in [-0.2, -0.15) is 0 Å². The summed E-state index contributed by atoms with van der Waals surface area (Å²) in [4.78, 5) is 13.8. The molecule has 5 heteroatoms. The molecule has 1 N–H and O–H groups in total. The number of amides is 1. The van der Waals surface area contributed by atoms with E-state index in [0.29, 0.717) is 17.3 Å². The number of halogens is 2. The van der Waals surface area contributed by atoms with Gasteiger partial charge in [0.1, 0.15) is 0 Å². The van der Waals surface area contributed by atoms with Gasteiger partial charge in [-0.25, -0.2) is 8.78 Å². The van der Waals surface area contributed by atoms with E-state index < -0.39 is 12.0 Å². The standard InChI is InChI=1S/C12H18F2N2O/c1-11(2)7-4-16(5-8(7)11)10(17)9-3-12(13,14)6-15-9/h7-9,15H,3-6H2,1-2H3. The molecule has 2 aliphatic heterocycles. The molecule has 1 amide bonds. The molecule has 1 aliphatic carbocycles. The first-order chi connectivity index (χ1) is 7.81. The summed E-state index contributed by atoms with van der Waals surface area (Å²) in [6.45, 7) is 5.56. The summed E-state index contributed by atoms with van der Waals surface area (Å²) in [6.07, 6.45) is -0.346. The van der Waals surface area contributed by atoms with Crippen LogP contribution in [0.1, 0.15) is 20.3 Å². The van der Waals surface area contributed by atoms with Crippen LogP contribution in [0.2, 0.25) is 0 Å². The van der Waals surface area contributed by atoms with Gasteiger partial charge >= 0.3 is 0 Å². The van der Waals surface area contributed by atoms with Gasteiger partial charge in [-0.05, 0) is 17.3 Å². The van der Waals surface area contributed by atoms with Crippen LogP contribution in [0.25, 0.3) is 0 Å². The Bertz CT molecular complexity index is 356. The lowest BCUT2D eigenvalue weighted by Crippen LogP contribution is -2.44. The highest BCUT2D eigenvalue weighted by molar-refractivity contribution is 5.83. The van der Waals surface area contributed by atoms with E-state index in [9.17, 15) is 13.6 Å². The summed E-state index contributed by atoms with van der Waals surface area (Å²) in [5.74, 6) is -1.70. The summed E-state index contributed by atoms with van der Waals surface area (Å²) in [7, 11) is 0. The van der Waals surface area contributed by atoms with Gasteiger partial charge in [-0.15, -0.1) is 0 Å². The fourth-order valence-corrected chi connectivity index (χ4v) is 3.42. The molecular weight excluding hydrogens is 226 g/mol. The quantitative estimate of drug-likeness (QED) is 0.749. The Balaban J connectivity index is 1.59. The summed E-state index contributed by atoms with van der Waals surface area (Å²) in [5.41, 5.74) is 0.351. The first-order valence-electron chi connectivity index (χ1n) is 6.21. The number of hydrogen-bond acceptors (Lipinski definition) is 2. The number of likely N-dealkylation sites (tertiary alicyclic amines) is 1. The SMILES string of the molecule is CC1(C)C2CN(C(=O)C3CC(F)(F)CN3)CC21. The number of hydrogen-bond donors (Lipinski definition) is 1. The Kier molecular flexibility index (Phi) is 2.14. The maximum atomic E-state index is 13.0. The molecule has 0 radical (unpaired) electrons. The molecule has 17 heavy (non-hydrogen) atoms. The maximum Gasteiger partial charge on any atom is 0.262 e.